The molecule has 1 aromatic rings. The number of nitrogens with one attached hydrogen (secondary N) is 1. The van der Waals surface area contributed by atoms with E-state index in [1.54, 1.807) is 24.3 Å². The zero-order valence-electron chi connectivity index (χ0n) is 14.8. The molecule has 5 heteroatoms. The van der Waals surface area contributed by atoms with Crippen LogP contribution in [0.2, 0.25) is 0 Å². The average molecular weight is 331 g/mol. The Bertz CT molecular complexity index is 563. The summed E-state index contributed by atoms with van der Waals surface area (Å²) in [4.78, 5) is 26.8. The van der Waals surface area contributed by atoms with Crippen LogP contribution in [0, 0.1) is 5.92 Å². The summed E-state index contributed by atoms with van der Waals surface area (Å²) in [5, 5.41) is 2.88. The van der Waals surface area contributed by atoms with E-state index in [2.05, 4.69) is 19.2 Å². The molecule has 3 N–H and O–H groups in total. The van der Waals surface area contributed by atoms with Crippen molar-refractivity contribution in [2.24, 2.45) is 11.7 Å². The van der Waals surface area contributed by atoms with Gasteiger partial charge in [-0.25, -0.2) is 0 Å². The van der Waals surface area contributed by atoms with Crippen molar-refractivity contribution in [3.05, 3.63) is 35.4 Å². The highest BCUT2D eigenvalue weighted by molar-refractivity contribution is 5.99. The lowest BCUT2D eigenvalue weighted by Gasteiger charge is -2.21. The summed E-state index contributed by atoms with van der Waals surface area (Å²) in [5.74, 6) is 0.371. The van der Waals surface area contributed by atoms with Crippen LogP contribution >= 0.6 is 0 Å². The van der Waals surface area contributed by atoms with Crippen molar-refractivity contribution in [3.8, 4) is 0 Å². The first kappa shape index (κ1) is 18.5. The van der Waals surface area contributed by atoms with Crippen LogP contribution in [-0.2, 0) is 0 Å². The first-order chi connectivity index (χ1) is 11.6. The zero-order chi connectivity index (χ0) is 17.5. The Hall–Kier alpha value is -1.88. The van der Waals surface area contributed by atoms with Gasteiger partial charge in [0.1, 0.15) is 0 Å². The normalized spacial score (nSPS) is 15.0. The van der Waals surface area contributed by atoms with Crippen molar-refractivity contribution in [3.63, 3.8) is 0 Å². The molecule has 0 saturated heterocycles. The monoisotopic (exact) mass is 331 g/mol. The number of nitrogens with zero attached hydrogens (tertiary/aromatic N) is 1. The van der Waals surface area contributed by atoms with E-state index in [0.717, 1.165) is 38.8 Å². The van der Waals surface area contributed by atoms with Gasteiger partial charge in [-0.3, -0.25) is 9.59 Å². The molecular weight excluding hydrogens is 302 g/mol. The number of carbonyl (C=O) groups is 2. The maximum absolute atomic E-state index is 12.6. The Balaban J connectivity index is 2.00. The predicted molar refractivity (Wildman–Crippen MR) is 96.0 cm³/mol. The SMILES string of the molecule is CCCN(CCC)C(=O)c1cccc(C(=O)NCC(N)C2CC2)c1. The predicted octanol–water partition coefficient (Wildman–Crippen LogP) is 2.42. The van der Waals surface area contributed by atoms with Crippen LogP contribution < -0.4 is 11.1 Å². The first-order valence-electron chi connectivity index (χ1n) is 8.99. The molecule has 1 atom stereocenters. The van der Waals surface area contributed by atoms with E-state index in [1.807, 2.05) is 4.90 Å². The lowest BCUT2D eigenvalue weighted by Crippen LogP contribution is -2.38. The second-order valence-corrected chi connectivity index (χ2v) is 6.58. The van der Waals surface area contributed by atoms with Crippen molar-refractivity contribution in [1.82, 2.24) is 10.2 Å². The van der Waals surface area contributed by atoms with Crippen molar-refractivity contribution in [1.29, 1.82) is 0 Å². The molecular formula is C19H29N3O2. The third-order valence-corrected chi connectivity index (χ3v) is 4.37. The highest BCUT2D eigenvalue weighted by atomic mass is 16.2. The van der Waals surface area contributed by atoms with E-state index in [9.17, 15) is 9.59 Å². The molecule has 1 unspecified atom stereocenters. The lowest BCUT2D eigenvalue weighted by atomic mass is 10.1. The van der Waals surface area contributed by atoms with Gasteiger partial charge < -0.3 is 16.0 Å². The summed E-state index contributed by atoms with van der Waals surface area (Å²) in [5.41, 5.74) is 7.09. The van der Waals surface area contributed by atoms with E-state index in [1.165, 1.54) is 0 Å². The van der Waals surface area contributed by atoms with Gasteiger partial charge in [0.25, 0.3) is 11.8 Å². The van der Waals surface area contributed by atoms with Gasteiger partial charge in [0.2, 0.25) is 0 Å². The third-order valence-electron chi connectivity index (χ3n) is 4.37. The van der Waals surface area contributed by atoms with Gasteiger partial charge >= 0.3 is 0 Å². The van der Waals surface area contributed by atoms with Gasteiger partial charge in [0.05, 0.1) is 0 Å². The Morgan fingerprint density at radius 2 is 1.83 bits per heavy atom. The van der Waals surface area contributed by atoms with Crippen LogP contribution in [0.5, 0.6) is 0 Å². The van der Waals surface area contributed by atoms with Crippen LogP contribution in [0.25, 0.3) is 0 Å². The molecule has 1 aromatic carbocycles. The van der Waals surface area contributed by atoms with Crippen LogP contribution in [0.4, 0.5) is 0 Å². The number of hydrogen-bond donors (Lipinski definition) is 2. The van der Waals surface area contributed by atoms with Gasteiger partial charge in [-0.15, -0.1) is 0 Å². The molecule has 0 radical (unpaired) electrons. The molecule has 5 nitrogen and oxygen atoms in total. The van der Waals surface area contributed by atoms with Gasteiger partial charge in [0, 0.05) is 36.8 Å². The zero-order valence-corrected chi connectivity index (χ0v) is 14.8. The van der Waals surface area contributed by atoms with Crippen LogP contribution in [0.1, 0.15) is 60.2 Å². The molecule has 0 aliphatic heterocycles. The van der Waals surface area contributed by atoms with Crippen molar-refractivity contribution in [2.45, 2.75) is 45.6 Å². The largest absolute Gasteiger partial charge is 0.350 e. The Labute approximate surface area is 144 Å². The van der Waals surface area contributed by atoms with Crippen LogP contribution in [0.15, 0.2) is 24.3 Å². The molecule has 24 heavy (non-hydrogen) atoms. The Morgan fingerprint density at radius 3 is 2.42 bits per heavy atom. The third kappa shape index (κ3) is 5.06. The van der Waals surface area contributed by atoms with Gasteiger partial charge in [-0.1, -0.05) is 19.9 Å². The fourth-order valence-corrected chi connectivity index (χ4v) is 2.83. The average Bonchev–Trinajstić information content (AvgIpc) is 3.43. The topological polar surface area (TPSA) is 75.4 Å². The van der Waals surface area contributed by atoms with Crippen molar-refractivity contribution in [2.75, 3.05) is 19.6 Å². The molecule has 2 rings (SSSR count). The summed E-state index contributed by atoms with van der Waals surface area (Å²) in [6, 6.07) is 6.98. The number of carbonyl (C=O) groups excluding carboxylic acids is 2. The summed E-state index contributed by atoms with van der Waals surface area (Å²) in [6.45, 7) is 6.07. The second-order valence-electron chi connectivity index (χ2n) is 6.58. The van der Waals surface area contributed by atoms with E-state index in [0.29, 0.717) is 23.6 Å². The number of benzene rings is 1. The quantitative estimate of drug-likeness (QED) is 0.729. The molecule has 0 bridgehead atoms. The fourth-order valence-electron chi connectivity index (χ4n) is 2.83. The minimum Gasteiger partial charge on any atom is -0.350 e. The molecule has 1 aliphatic carbocycles. The number of hydrogen-bond acceptors (Lipinski definition) is 3. The highest BCUT2D eigenvalue weighted by Crippen LogP contribution is 2.31. The Kier molecular flexibility index (Phi) is 6.79. The van der Waals surface area contributed by atoms with Crippen LogP contribution in [-0.4, -0.2) is 42.4 Å². The minimum absolute atomic E-state index is 0.0111. The van der Waals surface area contributed by atoms with Crippen LogP contribution in [0.3, 0.4) is 0 Å². The molecule has 1 saturated carbocycles. The van der Waals surface area contributed by atoms with E-state index >= 15 is 0 Å². The molecule has 0 aromatic heterocycles. The van der Waals surface area contributed by atoms with Crippen molar-refractivity contribution < 1.29 is 9.59 Å². The summed E-state index contributed by atoms with van der Waals surface area (Å²) in [6.07, 6.45) is 4.16. The molecule has 132 valence electrons. The summed E-state index contributed by atoms with van der Waals surface area (Å²) >= 11 is 0. The smallest absolute Gasteiger partial charge is 0.253 e. The molecule has 1 fully saturated rings. The molecule has 0 heterocycles. The number of amides is 2. The molecule has 2 amide bonds. The number of nitrogens with two attached hydrogens (primary N) is 1. The van der Waals surface area contributed by atoms with E-state index < -0.39 is 0 Å². The summed E-state index contributed by atoms with van der Waals surface area (Å²) < 4.78 is 0. The maximum atomic E-state index is 12.6. The van der Waals surface area contributed by atoms with E-state index in [4.69, 9.17) is 5.73 Å². The lowest BCUT2D eigenvalue weighted by molar-refractivity contribution is 0.0755. The fraction of sp³-hybridized carbons (Fsp3) is 0.579. The summed E-state index contributed by atoms with van der Waals surface area (Å²) in [7, 11) is 0. The Morgan fingerprint density at radius 1 is 1.21 bits per heavy atom. The minimum atomic E-state index is -0.168. The molecule has 0 spiro atoms. The molecule has 1 aliphatic rings. The standard InChI is InChI=1S/C19H29N3O2/c1-3-10-22(11-4-2)19(24)16-7-5-6-15(12-16)18(23)21-13-17(20)14-8-9-14/h5-7,12,14,17H,3-4,8-11,13,20H2,1-2H3,(H,21,23). The van der Waals surface area contributed by atoms with Gasteiger partial charge in [0.15, 0.2) is 0 Å². The van der Waals surface area contributed by atoms with Gasteiger partial charge in [-0.2, -0.15) is 0 Å². The first-order valence-corrected chi connectivity index (χ1v) is 8.99. The second kappa shape index (κ2) is 8.83. The van der Waals surface area contributed by atoms with Crippen molar-refractivity contribution >= 4 is 11.8 Å². The van der Waals surface area contributed by atoms with E-state index in [-0.39, 0.29) is 17.9 Å². The highest BCUT2D eigenvalue weighted by Gasteiger charge is 2.28. The number of rotatable bonds is 9. The van der Waals surface area contributed by atoms with Gasteiger partial charge in [-0.05, 0) is 49.8 Å². The maximum Gasteiger partial charge on any atom is 0.253 e.